The predicted octanol–water partition coefficient (Wildman–Crippen LogP) is 1.31. The van der Waals surface area contributed by atoms with E-state index in [1.807, 2.05) is 0 Å². The highest BCUT2D eigenvalue weighted by Gasteiger charge is 2.42. The molecule has 0 spiro atoms. The topological polar surface area (TPSA) is 74.8 Å². The SMILES string of the molecule is O=S(=O)(c1ccc(Br)s1)N1CCN(S(=O)(=O)C2CC2)CC1. The summed E-state index contributed by atoms with van der Waals surface area (Å²) in [5.74, 6) is 0. The second-order valence-electron chi connectivity index (χ2n) is 5.11. The van der Waals surface area contributed by atoms with Crippen molar-refractivity contribution in [3.63, 3.8) is 0 Å². The first-order chi connectivity index (χ1) is 9.81. The third kappa shape index (κ3) is 3.06. The zero-order valence-corrected chi connectivity index (χ0v) is 15.1. The van der Waals surface area contributed by atoms with E-state index in [1.165, 1.54) is 8.61 Å². The maximum absolute atomic E-state index is 12.5. The van der Waals surface area contributed by atoms with Gasteiger partial charge in [-0.05, 0) is 40.9 Å². The number of rotatable bonds is 4. The molecule has 0 amide bonds. The number of hydrogen-bond acceptors (Lipinski definition) is 5. The highest BCUT2D eigenvalue weighted by molar-refractivity contribution is 9.11. The molecule has 3 rings (SSSR count). The molecule has 1 saturated heterocycles. The van der Waals surface area contributed by atoms with Gasteiger partial charge in [0.2, 0.25) is 10.0 Å². The minimum absolute atomic E-state index is 0.212. The molecule has 0 atom stereocenters. The van der Waals surface area contributed by atoms with Gasteiger partial charge >= 0.3 is 0 Å². The molecule has 10 heteroatoms. The summed E-state index contributed by atoms with van der Waals surface area (Å²) in [6, 6.07) is 3.27. The standard InChI is InChI=1S/C11H15BrN2O4S3/c12-10-3-4-11(19-10)21(17,18)14-7-5-13(6-8-14)20(15,16)9-1-2-9/h3-4,9H,1-2,5-8H2. The number of nitrogens with zero attached hydrogens (tertiary/aromatic N) is 2. The summed E-state index contributed by atoms with van der Waals surface area (Å²) in [6.07, 6.45) is 1.45. The van der Waals surface area contributed by atoms with Crippen molar-refractivity contribution in [3.05, 3.63) is 15.9 Å². The van der Waals surface area contributed by atoms with Crippen LogP contribution in [0, 0.1) is 0 Å². The van der Waals surface area contributed by atoms with Gasteiger partial charge in [-0.25, -0.2) is 16.8 Å². The summed E-state index contributed by atoms with van der Waals surface area (Å²) in [7, 11) is -6.73. The minimum Gasteiger partial charge on any atom is -0.212 e. The van der Waals surface area contributed by atoms with E-state index in [0.29, 0.717) is 0 Å². The van der Waals surface area contributed by atoms with Gasteiger partial charge in [0, 0.05) is 26.2 Å². The van der Waals surface area contributed by atoms with Gasteiger partial charge in [0.25, 0.3) is 10.0 Å². The molecule has 0 N–H and O–H groups in total. The zero-order valence-electron chi connectivity index (χ0n) is 11.1. The van der Waals surface area contributed by atoms with E-state index in [9.17, 15) is 16.8 Å². The Morgan fingerprint density at radius 1 is 1.00 bits per heavy atom. The van der Waals surface area contributed by atoms with Gasteiger partial charge in [0.15, 0.2) is 0 Å². The first-order valence-corrected chi connectivity index (χ1v) is 11.1. The summed E-state index contributed by atoms with van der Waals surface area (Å²) in [4.78, 5) is 0. The molecule has 6 nitrogen and oxygen atoms in total. The highest BCUT2D eigenvalue weighted by Crippen LogP contribution is 2.33. The largest absolute Gasteiger partial charge is 0.252 e. The van der Waals surface area contributed by atoms with Gasteiger partial charge in [0.05, 0.1) is 9.04 Å². The van der Waals surface area contributed by atoms with Gasteiger partial charge < -0.3 is 0 Å². The monoisotopic (exact) mass is 414 g/mol. The number of sulfonamides is 2. The van der Waals surface area contributed by atoms with Crippen LogP contribution in [0.5, 0.6) is 0 Å². The normalized spacial score (nSPS) is 22.5. The van der Waals surface area contributed by atoms with E-state index in [2.05, 4.69) is 15.9 Å². The lowest BCUT2D eigenvalue weighted by Gasteiger charge is -2.33. The van der Waals surface area contributed by atoms with Crippen molar-refractivity contribution in [2.45, 2.75) is 22.3 Å². The maximum atomic E-state index is 12.5. The summed E-state index contributed by atoms with van der Waals surface area (Å²) < 4.78 is 53.0. The molecule has 2 heterocycles. The lowest BCUT2D eigenvalue weighted by atomic mass is 10.4. The number of halogens is 1. The molecule has 1 aromatic heterocycles. The van der Waals surface area contributed by atoms with Crippen molar-refractivity contribution in [1.29, 1.82) is 0 Å². The first-order valence-electron chi connectivity index (χ1n) is 6.56. The Morgan fingerprint density at radius 2 is 1.57 bits per heavy atom. The Hall–Kier alpha value is -0.000000000000000111. The van der Waals surface area contributed by atoms with Crippen LogP contribution in [-0.2, 0) is 20.0 Å². The van der Waals surface area contributed by atoms with Gasteiger partial charge in [0.1, 0.15) is 4.21 Å². The molecule has 0 unspecified atom stereocenters. The Balaban J connectivity index is 1.71. The molecule has 2 fully saturated rings. The Labute approximate surface area is 137 Å². The summed E-state index contributed by atoms with van der Waals surface area (Å²) >= 11 is 4.42. The number of piperazine rings is 1. The molecule has 0 aromatic carbocycles. The quantitative estimate of drug-likeness (QED) is 0.743. The van der Waals surface area contributed by atoms with E-state index >= 15 is 0 Å². The van der Waals surface area contributed by atoms with Crippen molar-refractivity contribution >= 4 is 47.3 Å². The van der Waals surface area contributed by atoms with Crippen LogP contribution in [0.15, 0.2) is 20.1 Å². The summed E-state index contributed by atoms with van der Waals surface area (Å²) in [6.45, 7) is 0.906. The molecule has 0 bridgehead atoms. The molecule has 1 aliphatic carbocycles. The molecule has 2 aliphatic rings. The van der Waals surface area contributed by atoms with Crippen molar-refractivity contribution in [1.82, 2.24) is 8.61 Å². The number of thiophene rings is 1. The highest BCUT2D eigenvalue weighted by atomic mass is 79.9. The average Bonchev–Trinajstić information content (AvgIpc) is 3.22. The lowest BCUT2D eigenvalue weighted by Crippen LogP contribution is -2.51. The third-order valence-corrected chi connectivity index (χ3v) is 10.0. The molecule has 21 heavy (non-hydrogen) atoms. The molecule has 1 aliphatic heterocycles. The van der Waals surface area contributed by atoms with E-state index in [0.717, 1.165) is 28.0 Å². The molecule has 0 radical (unpaired) electrons. The first kappa shape index (κ1) is 15.9. The van der Waals surface area contributed by atoms with Crippen molar-refractivity contribution in [2.24, 2.45) is 0 Å². The van der Waals surface area contributed by atoms with Crippen LogP contribution in [-0.4, -0.2) is 56.9 Å². The maximum Gasteiger partial charge on any atom is 0.252 e. The van der Waals surface area contributed by atoms with Gasteiger partial charge in [-0.3, -0.25) is 0 Å². The second-order valence-corrected chi connectivity index (χ2v) is 11.9. The van der Waals surface area contributed by atoms with Crippen molar-refractivity contribution < 1.29 is 16.8 Å². The fraction of sp³-hybridized carbons (Fsp3) is 0.636. The van der Waals surface area contributed by atoms with Crippen LogP contribution in [0.2, 0.25) is 0 Å². The van der Waals surface area contributed by atoms with Crippen LogP contribution < -0.4 is 0 Å². The van der Waals surface area contributed by atoms with Crippen molar-refractivity contribution in [2.75, 3.05) is 26.2 Å². The summed E-state index contributed by atoms with van der Waals surface area (Å²) in [5.41, 5.74) is 0. The Morgan fingerprint density at radius 3 is 2.05 bits per heavy atom. The van der Waals surface area contributed by atoms with Gasteiger partial charge in [-0.1, -0.05) is 0 Å². The fourth-order valence-electron chi connectivity index (χ4n) is 2.30. The summed E-state index contributed by atoms with van der Waals surface area (Å²) in [5, 5.41) is -0.242. The van der Waals surface area contributed by atoms with Crippen LogP contribution >= 0.6 is 27.3 Å². The molecular formula is C11H15BrN2O4S3. The van der Waals surface area contributed by atoms with E-state index in [4.69, 9.17) is 0 Å². The minimum atomic E-state index is -3.51. The van der Waals surface area contributed by atoms with E-state index in [1.54, 1.807) is 12.1 Å². The lowest BCUT2D eigenvalue weighted by molar-refractivity contribution is 0.273. The molecule has 118 valence electrons. The van der Waals surface area contributed by atoms with Crippen LogP contribution in [0.3, 0.4) is 0 Å². The molecule has 1 aromatic rings. The third-order valence-electron chi connectivity index (χ3n) is 3.65. The fourth-order valence-corrected chi connectivity index (χ4v) is 7.72. The zero-order chi connectivity index (χ0) is 15.3. The van der Waals surface area contributed by atoms with Crippen molar-refractivity contribution in [3.8, 4) is 0 Å². The molecule has 1 saturated carbocycles. The average molecular weight is 415 g/mol. The van der Waals surface area contributed by atoms with Gasteiger partial charge in [-0.2, -0.15) is 8.61 Å². The van der Waals surface area contributed by atoms with Crippen LogP contribution in [0.25, 0.3) is 0 Å². The number of hydrogen-bond donors (Lipinski definition) is 0. The second kappa shape index (κ2) is 5.57. The van der Waals surface area contributed by atoms with Crippen LogP contribution in [0.4, 0.5) is 0 Å². The van der Waals surface area contributed by atoms with Gasteiger partial charge in [-0.15, -0.1) is 11.3 Å². The van der Waals surface area contributed by atoms with Crippen LogP contribution in [0.1, 0.15) is 12.8 Å². The smallest absolute Gasteiger partial charge is 0.212 e. The van der Waals surface area contributed by atoms with E-state index < -0.39 is 20.0 Å². The van der Waals surface area contributed by atoms with E-state index in [-0.39, 0.29) is 35.6 Å². The predicted molar refractivity (Wildman–Crippen MR) is 84.3 cm³/mol. The molecular weight excluding hydrogens is 400 g/mol. The Kier molecular flexibility index (Phi) is 4.21. The Bertz CT molecular complexity index is 731.